The van der Waals surface area contributed by atoms with Gasteiger partial charge in [-0.1, -0.05) is 53.4 Å². The maximum atomic E-state index is 12.3. The van der Waals surface area contributed by atoms with Crippen molar-refractivity contribution in [2.75, 3.05) is 0 Å². The highest BCUT2D eigenvalue weighted by atomic mass is 79.9. The van der Waals surface area contributed by atoms with Crippen LogP contribution < -0.4 is 4.74 Å². The Morgan fingerprint density at radius 1 is 1.00 bits per heavy atom. The van der Waals surface area contributed by atoms with Crippen LogP contribution in [-0.2, 0) is 4.79 Å². The number of hydrogen-bond donors (Lipinski definition) is 0. The molecule has 0 unspecified atom stereocenters. The van der Waals surface area contributed by atoms with Crippen molar-refractivity contribution in [1.82, 2.24) is 0 Å². The number of ether oxygens (including phenoxy) is 1. The van der Waals surface area contributed by atoms with Gasteiger partial charge in [0.05, 0.1) is 5.92 Å². The summed E-state index contributed by atoms with van der Waals surface area (Å²) in [5, 5.41) is 0. The summed E-state index contributed by atoms with van der Waals surface area (Å²) in [6.07, 6.45) is 8.51. The predicted molar refractivity (Wildman–Crippen MR) is 106 cm³/mol. The van der Waals surface area contributed by atoms with Crippen molar-refractivity contribution in [2.45, 2.75) is 32.1 Å². The lowest BCUT2D eigenvalue weighted by atomic mass is 9.89. The number of hydrogen-bond acceptors (Lipinski definition) is 3. The third-order valence-electron chi connectivity index (χ3n) is 4.57. The molecule has 0 saturated heterocycles. The molecule has 1 aliphatic carbocycles. The summed E-state index contributed by atoms with van der Waals surface area (Å²) in [6.45, 7) is 0. The van der Waals surface area contributed by atoms with E-state index in [-0.39, 0.29) is 17.7 Å². The lowest BCUT2D eigenvalue weighted by molar-refractivity contribution is -0.139. The van der Waals surface area contributed by atoms with Crippen LogP contribution in [0, 0.1) is 5.92 Å². The third kappa shape index (κ3) is 5.15. The second-order valence-electron chi connectivity index (χ2n) is 6.53. The predicted octanol–water partition coefficient (Wildman–Crippen LogP) is 5.83. The van der Waals surface area contributed by atoms with Gasteiger partial charge in [-0.15, -0.1) is 0 Å². The number of benzene rings is 2. The van der Waals surface area contributed by atoms with Gasteiger partial charge in [0.15, 0.2) is 5.78 Å². The van der Waals surface area contributed by atoms with E-state index >= 15 is 0 Å². The number of carbonyl (C=O) groups excluding carboxylic acids is 2. The molecule has 134 valence electrons. The summed E-state index contributed by atoms with van der Waals surface area (Å²) >= 11 is 3.36. The van der Waals surface area contributed by atoms with Crippen LogP contribution in [0.5, 0.6) is 5.75 Å². The second-order valence-corrected chi connectivity index (χ2v) is 7.45. The maximum absolute atomic E-state index is 12.3. The van der Waals surface area contributed by atoms with Crippen molar-refractivity contribution >= 4 is 33.8 Å². The van der Waals surface area contributed by atoms with Gasteiger partial charge in [-0.05, 0) is 60.9 Å². The first-order chi connectivity index (χ1) is 12.6. The Balaban J connectivity index is 1.64. The van der Waals surface area contributed by atoms with Crippen molar-refractivity contribution in [2.24, 2.45) is 5.92 Å². The Labute approximate surface area is 162 Å². The van der Waals surface area contributed by atoms with Gasteiger partial charge in [-0.25, -0.2) is 0 Å². The fourth-order valence-electron chi connectivity index (χ4n) is 3.10. The molecule has 3 rings (SSSR count). The van der Waals surface area contributed by atoms with Crippen LogP contribution in [0.25, 0.3) is 6.08 Å². The van der Waals surface area contributed by atoms with Gasteiger partial charge >= 0.3 is 5.97 Å². The highest BCUT2D eigenvalue weighted by Crippen LogP contribution is 2.26. The SMILES string of the molecule is O=C(/C=C/c1cccc(OC(=O)C2CCCCC2)c1)c1ccc(Br)cc1. The van der Waals surface area contributed by atoms with Gasteiger partial charge in [0.25, 0.3) is 0 Å². The molecule has 4 heteroatoms. The fourth-order valence-corrected chi connectivity index (χ4v) is 3.37. The van der Waals surface area contributed by atoms with Crippen LogP contribution in [0.15, 0.2) is 59.1 Å². The molecule has 0 N–H and O–H groups in total. The molecule has 1 fully saturated rings. The molecule has 1 saturated carbocycles. The summed E-state index contributed by atoms with van der Waals surface area (Å²) in [7, 11) is 0. The van der Waals surface area contributed by atoms with E-state index < -0.39 is 0 Å². The van der Waals surface area contributed by atoms with E-state index in [1.807, 2.05) is 24.3 Å². The van der Waals surface area contributed by atoms with Crippen LogP contribution in [-0.4, -0.2) is 11.8 Å². The van der Waals surface area contributed by atoms with E-state index in [4.69, 9.17) is 4.74 Å². The van der Waals surface area contributed by atoms with E-state index in [0.29, 0.717) is 11.3 Å². The first-order valence-corrected chi connectivity index (χ1v) is 9.71. The number of carbonyl (C=O) groups is 2. The molecule has 0 aliphatic heterocycles. The van der Waals surface area contributed by atoms with Gasteiger partial charge in [0.1, 0.15) is 5.75 Å². The molecule has 0 aromatic heterocycles. The molecule has 2 aromatic carbocycles. The Hall–Kier alpha value is -2.20. The van der Waals surface area contributed by atoms with Crippen LogP contribution in [0.2, 0.25) is 0 Å². The van der Waals surface area contributed by atoms with E-state index in [1.165, 1.54) is 12.5 Å². The zero-order chi connectivity index (χ0) is 18.4. The molecular weight excluding hydrogens is 392 g/mol. The highest BCUT2D eigenvalue weighted by molar-refractivity contribution is 9.10. The zero-order valence-electron chi connectivity index (χ0n) is 14.5. The van der Waals surface area contributed by atoms with Crippen molar-refractivity contribution in [3.05, 3.63) is 70.2 Å². The van der Waals surface area contributed by atoms with Gasteiger partial charge < -0.3 is 4.74 Å². The van der Waals surface area contributed by atoms with E-state index in [1.54, 1.807) is 30.3 Å². The highest BCUT2D eigenvalue weighted by Gasteiger charge is 2.22. The molecule has 26 heavy (non-hydrogen) atoms. The van der Waals surface area contributed by atoms with Crippen LogP contribution in [0.4, 0.5) is 0 Å². The maximum Gasteiger partial charge on any atom is 0.314 e. The van der Waals surface area contributed by atoms with Crippen molar-refractivity contribution in [1.29, 1.82) is 0 Å². The molecule has 0 bridgehead atoms. The number of rotatable bonds is 5. The number of allylic oxidation sites excluding steroid dienone is 1. The molecule has 1 aliphatic rings. The molecule has 0 spiro atoms. The summed E-state index contributed by atoms with van der Waals surface area (Å²) < 4.78 is 6.47. The lowest BCUT2D eigenvalue weighted by Gasteiger charge is -2.19. The van der Waals surface area contributed by atoms with Crippen molar-refractivity contribution in [3.8, 4) is 5.75 Å². The van der Waals surface area contributed by atoms with Crippen molar-refractivity contribution < 1.29 is 14.3 Å². The largest absolute Gasteiger partial charge is 0.426 e. The third-order valence-corrected chi connectivity index (χ3v) is 5.10. The van der Waals surface area contributed by atoms with E-state index in [2.05, 4.69) is 15.9 Å². The Kier molecular flexibility index (Phi) is 6.40. The standard InChI is InChI=1S/C22H21BrO3/c23-19-12-10-17(11-13-19)21(24)14-9-16-5-4-8-20(15-16)26-22(25)18-6-2-1-3-7-18/h4-5,8-15,18H,1-3,6-7H2/b14-9+. The quantitative estimate of drug-likeness (QED) is 0.268. The summed E-state index contributed by atoms with van der Waals surface area (Å²) in [6, 6.07) is 14.5. The molecular formula is C22H21BrO3. The monoisotopic (exact) mass is 412 g/mol. The Morgan fingerprint density at radius 3 is 2.46 bits per heavy atom. The van der Waals surface area contributed by atoms with Crippen LogP contribution in [0.3, 0.4) is 0 Å². The van der Waals surface area contributed by atoms with Gasteiger partial charge in [-0.2, -0.15) is 0 Å². The van der Waals surface area contributed by atoms with Crippen LogP contribution in [0.1, 0.15) is 48.0 Å². The van der Waals surface area contributed by atoms with Crippen molar-refractivity contribution in [3.63, 3.8) is 0 Å². The van der Waals surface area contributed by atoms with E-state index in [9.17, 15) is 9.59 Å². The first kappa shape index (κ1) is 18.6. The zero-order valence-corrected chi connectivity index (χ0v) is 16.1. The van der Waals surface area contributed by atoms with Crippen LogP contribution >= 0.6 is 15.9 Å². The number of ketones is 1. The minimum absolute atomic E-state index is 0.0157. The minimum atomic E-state index is -0.142. The summed E-state index contributed by atoms with van der Waals surface area (Å²) in [5.74, 6) is 0.333. The number of halogens is 1. The minimum Gasteiger partial charge on any atom is -0.426 e. The molecule has 0 atom stereocenters. The van der Waals surface area contributed by atoms with Gasteiger partial charge in [-0.3, -0.25) is 9.59 Å². The van der Waals surface area contributed by atoms with Gasteiger partial charge in [0.2, 0.25) is 0 Å². The smallest absolute Gasteiger partial charge is 0.314 e. The summed E-state index contributed by atoms with van der Waals surface area (Å²) in [4.78, 5) is 24.5. The molecule has 0 radical (unpaired) electrons. The van der Waals surface area contributed by atoms with Gasteiger partial charge in [0, 0.05) is 10.0 Å². The molecule has 0 amide bonds. The topological polar surface area (TPSA) is 43.4 Å². The fraction of sp³-hybridized carbons (Fsp3) is 0.273. The lowest BCUT2D eigenvalue weighted by Crippen LogP contribution is -2.22. The molecule has 2 aromatic rings. The first-order valence-electron chi connectivity index (χ1n) is 8.91. The average molecular weight is 413 g/mol. The summed E-state index contributed by atoms with van der Waals surface area (Å²) in [5.41, 5.74) is 1.45. The molecule has 3 nitrogen and oxygen atoms in total. The normalized spacial score (nSPS) is 15.1. The van der Waals surface area contributed by atoms with E-state index in [0.717, 1.165) is 35.7 Å². The average Bonchev–Trinajstić information content (AvgIpc) is 2.67. The Bertz CT molecular complexity index is 802. The second kappa shape index (κ2) is 8.95. The Morgan fingerprint density at radius 2 is 1.73 bits per heavy atom. The molecule has 0 heterocycles. The number of esters is 1.